The highest BCUT2D eigenvalue weighted by atomic mass is 32.2. The lowest BCUT2D eigenvalue weighted by Crippen LogP contribution is -2.30. The Morgan fingerprint density at radius 1 is 0.455 bits per heavy atom. The Kier molecular flexibility index (Phi) is 5.75. The summed E-state index contributed by atoms with van der Waals surface area (Å²) in [5.74, 6) is 0. The predicted molar refractivity (Wildman–Crippen MR) is 187 cm³/mol. The largest absolute Gasteiger partial charge is 0.309 e. The highest BCUT2D eigenvalue weighted by Gasteiger charge is 2.39. The average Bonchev–Trinajstić information content (AvgIpc) is 3.42. The van der Waals surface area contributed by atoms with Crippen molar-refractivity contribution in [2.45, 2.75) is 9.79 Å². The topological polar surface area (TPSA) is 22.0 Å². The van der Waals surface area contributed by atoms with Crippen LogP contribution in [0.1, 0.15) is 0 Å². The van der Waals surface area contributed by atoms with E-state index in [1.165, 1.54) is 21.8 Å². The number of nitrogens with zero attached hydrogens (tertiary/aromatic N) is 1. The quantitative estimate of drug-likeness (QED) is 0.189. The number of rotatable bonds is 3. The maximum Gasteiger partial charge on any atom is 0.173 e. The van der Waals surface area contributed by atoms with E-state index in [-0.39, 0.29) is 0 Å². The second-order valence-electron chi connectivity index (χ2n) is 11.3. The molecular weight excluding hydrogens is 573 g/mol. The first-order chi connectivity index (χ1) is 21.7. The number of aromatic nitrogens is 1. The molecule has 1 aliphatic heterocycles. The van der Waals surface area contributed by atoms with Crippen molar-refractivity contribution in [2.24, 2.45) is 0 Å². The van der Waals surface area contributed by atoms with Gasteiger partial charge in [0.2, 0.25) is 0 Å². The van der Waals surface area contributed by atoms with Gasteiger partial charge in [0.15, 0.2) is 7.14 Å². The van der Waals surface area contributed by atoms with Crippen LogP contribution in [0.2, 0.25) is 0 Å². The summed E-state index contributed by atoms with van der Waals surface area (Å²) in [5, 5.41) is 7.33. The monoisotopic (exact) mass is 599 g/mol. The van der Waals surface area contributed by atoms with E-state index in [4.69, 9.17) is 0 Å². The summed E-state index contributed by atoms with van der Waals surface area (Å²) in [7, 11) is -3.19. The Labute approximate surface area is 260 Å². The third-order valence-electron chi connectivity index (χ3n) is 8.85. The Morgan fingerprint density at radius 3 is 2.00 bits per heavy atom. The number of fused-ring (bicyclic) bond motifs is 6. The highest BCUT2D eigenvalue weighted by molar-refractivity contribution is 8.02. The predicted octanol–water partition coefficient (Wildman–Crippen LogP) is 9.71. The molecule has 1 atom stereocenters. The molecule has 2 heterocycles. The summed E-state index contributed by atoms with van der Waals surface area (Å²) < 4.78 is 18.1. The minimum absolute atomic E-state index is 0.906. The molecule has 8 aromatic rings. The van der Waals surface area contributed by atoms with Gasteiger partial charge in [-0.05, 0) is 76.5 Å². The van der Waals surface area contributed by atoms with Gasteiger partial charge in [-0.15, -0.1) is 0 Å². The zero-order chi connectivity index (χ0) is 29.3. The number of hydrogen-bond acceptors (Lipinski definition) is 2. The third kappa shape index (κ3) is 3.73. The molecule has 2 nitrogen and oxygen atoms in total. The lowest BCUT2D eigenvalue weighted by atomic mass is 10.0. The van der Waals surface area contributed by atoms with Crippen molar-refractivity contribution in [1.29, 1.82) is 0 Å². The van der Waals surface area contributed by atoms with Crippen LogP contribution in [0.5, 0.6) is 0 Å². The maximum atomic E-state index is 15.8. The van der Waals surface area contributed by atoms with E-state index in [1.54, 1.807) is 11.8 Å². The second-order valence-corrected chi connectivity index (χ2v) is 15.0. The lowest BCUT2D eigenvalue weighted by molar-refractivity contribution is 0.592. The SMILES string of the molecule is O=P1(c2cccc3ccccc23)c2ccccc2Sc2ccc(-c3ccc4c(c3)c3ccccc3n4-c3ccccc3)cc21. The number of hydrogen-bond donors (Lipinski definition) is 0. The highest BCUT2D eigenvalue weighted by Crippen LogP contribution is 2.53. The molecule has 0 saturated heterocycles. The lowest BCUT2D eigenvalue weighted by Gasteiger charge is -2.30. The fourth-order valence-electron chi connectivity index (χ4n) is 6.83. The molecule has 1 aliphatic rings. The molecule has 44 heavy (non-hydrogen) atoms. The molecule has 208 valence electrons. The van der Waals surface area contributed by atoms with Gasteiger partial charge < -0.3 is 9.13 Å². The molecule has 9 rings (SSSR count). The van der Waals surface area contributed by atoms with Crippen LogP contribution in [-0.2, 0) is 4.57 Å². The van der Waals surface area contributed by atoms with Gasteiger partial charge >= 0.3 is 0 Å². The minimum Gasteiger partial charge on any atom is -0.309 e. The van der Waals surface area contributed by atoms with Crippen LogP contribution in [-0.4, -0.2) is 4.57 Å². The molecule has 1 aromatic heterocycles. The average molecular weight is 600 g/mol. The maximum absolute atomic E-state index is 15.8. The Morgan fingerprint density at radius 2 is 1.09 bits per heavy atom. The van der Waals surface area contributed by atoms with E-state index in [2.05, 4.69) is 132 Å². The van der Waals surface area contributed by atoms with Gasteiger partial charge in [0.05, 0.1) is 11.0 Å². The van der Waals surface area contributed by atoms with Gasteiger partial charge in [0.1, 0.15) is 0 Å². The summed E-state index contributed by atoms with van der Waals surface area (Å²) in [6, 6.07) is 55.2. The standard InChI is InChI=1S/C40H26NOPS/c42-43(36-19-10-12-27-11-4-5-15-31(27)36)37-18-8-9-20-39(37)44-40-24-22-29(26-38(40)43)28-21-23-35-33(25-28)32-16-6-7-17-34(32)41(35)30-13-2-1-3-14-30/h1-26H. The van der Waals surface area contributed by atoms with Crippen LogP contribution >= 0.6 is 18.9 Å². The summed E-state index contributed by atoms with van der Waals surface area (Å²) in [5.41, 5.74) is 5.69. The van der Waals surface area contributed by atoms with Crippen molar-refractivity contribution in [2.75, 3.05) is 0 Å². The van der Waals surface area contributed by atoms with E-state index in [0.717, 1.165) is 53.3 Å². The van der Waals surface area contributed by atoms with Crippen LogP contribution < -0.4 is 15.9 Å². The number of benzene rings is 7. The van der Waals surface area contributed by atoms with Crippen molar-refractivity contribution in [3.63, 3.8) is 0 Å². The molecule has 0 aliphatic carbocycles. The molecule has 7 aromatic carbocycles. The zero-order valence-electron chi connectivity index (χ0n) is 23.7. The molecule has 4 heteroatoms. The first-order valence-electron chi connectivity index (χ1n) is 14.8. The van der Waals surface area contributed by atoms with E-state index < -0.39 is 7.14 Å². The van der Waals surface area contributed by atoms with Crippen molar-refractivity contribution in [1.82, 2.24) is 4.57 Å². The van der Waals surface area contributed by atoms with E-state index in [0.29, 0.717) is 0 Å². The van der Waals surface area contributed by atoms with Crippen molar-refractivity contribution in [3.05, 3.63) is 158 Å². The van der Waals surface area contributed by atoms with E-state index >= 15 is 4.57 Å². The van der Waals surface area contributed by atoms with Gasteiger partial charge in [-0.1, -0.05) is 115 Å². The summed E-state index contributed by atoms with van der Waals surface area (Å²) in [4.78, 5) is 2.13. The van der Waals surface area contributed by atoms with Crippen LogP contribution in [0.25, 0.3) is 49.4 Å². The summed E-state index contributed by atoms with van der Waals surface area (Å²) >= 11 is 1.72. The third-order valence-corrected chi connectivity index (χ3v) is 13.5. The second kappa shape index (κ2) is 9.86. The van der Waals surface area contributed by atoms with Crippen molar-refractivity contribution >= 4 is 67.4 Å². The van der Waals surface area contributed by atoms with Crippen molar-refractivity contribution < 1.29 is 4.57 Å². The van der Waals surface area contributed by atoms with Gasteiger partial charge in [-0.3, -0.25) is 0 Å². The molecule has 0 spiro atoms. The van der Waals surface area contributed by atoms with E-state index in [1.807, 2.05) is 30.3 Å². The molecule has 0 fully saturated rings. The Balaban J connectivity index is 1.28. The van der Waals surface area contributed by atoms with Crippen LogP contribution in [0.15, 0.2) is 168 Å². The van der Waals surface area contributed by atoms with Crippen LogP contribution in [0, 0.1) is 0 Å². The molecular formula is C40H26NOPS. The first kappa shape index (κ1) is 25.7. The normalized spacial score (nSPS) is 15.8. The number of para-hydroxylation sites is 2. The van der Waals surface area contributed by atoms with Gasteiger partial charge in [-0.2, -0.15) is 0 Å². The minimum atomic E-state index is -3.19. The Bertz CT molecular complexity index is 2460. The molecule has 0 bridgehead atoms. The van der Waals surface area contributed by atoms with Crippen molar-refractivity contribution in [3.8, 4) is 16.8 Å². The Hall–Kier alpha value is -4.82. The van der Waals surface area contributed by atoms with Crippen LogP contribution in [0.3, 0.4) is 0 Å². The smallest absolute Gasteiger partial charge is 0.173 e. The first-order valence-corrected chi connectivity index (χ1v) is 17.3. The molecule has 0 N–H and O–H groups in total. The fraction of sp³-hybridized carbons (Fsp3) is 0. The zero-order valence-corrected chi connectivity index (χ0v) is 25.4. The molecule has 1 unspecified atom stereocenters. The molecule has 0 saturated carbocycles. The fourth-order valence-corrected chi connectivity index (χ4v) is 11.7. The van der Waals surface area contributed by atoms with Gasteiger partial charge in [0.25, 0.3) is 0 Å². The molecule has 0 amide bonds. The van der Waals surface area contributed by atoms with E-state index in [9.17, 15) is 0 Å². The summed E-state index contributed by atoms with van der Waals surface area (Å²) in [6.07, 6.45) is 0. The van der Waals surface area contributed by atoms with Crippen LogP contribution in [0.4, 0.5) is 0 Å². The van der Waals surface area contributed by atoms with Gasteiger partial charge in [-0.25, -0.2) is 0 Å². The summed E-state index contributed by atoms with van der Waals surface area (Å²) in [6.45, 7) is 0. The van der Waals surface area contributed by atoms with Gasteiger partial charge in [0, 0.05) is 42.2 Å². The molecule has 0 radical (unpaired) electrons.